The summed E-state index contributed by atoms with van der Waals surface area (Å²) in [5.74, 6) is 3.27. The molecule has 2 aromatic heterocycles. The molecule has 0 spiro atoms. The van der Waals surface area contributed by atoms with Crippen LogP contribution in [-0.4, -0.2) is 47.0 Å². The summed E-state index contributed by atoms with van der Waals surface area (Å²) in [6, 6.07) is 0. The summed E-state index contributed by atoms with van der Waals surface area (Å²) in [7, 11) is 4.36. The highest BCUT2D eigenvalue weighted by Crippen LogP contribution is 2.39. The van der Waals surface area contributed by atoms with Crippen molar-refractivity contribution in [1.29, 1.82) is 0 Å². The van der Waals surface area contributed by atoms with Crippen LogP contribution >= 0.6 is 11.3 Å². The molecule has 26 heavy (non-hydrogen) atoms. The van der Waals surface area contributed by atoms with Crippen LogP contribution in [0.25, 0.3) is 0 Å². The fourth-order valence-corrected chi connectivity index (χ4v) is 5.34. The lowest BCUT2D eigenvalue weighted by molar-refractivity contribution is 0.257. The van der Waals surface area contributed by atoms with E-state index >= 15 is 0 Å². The number of likely N-dealkylation sites (N-methyl/N-ethyl adjacent to an activating group) is 2. The van der Waals surface area contributed by atoms with Crippen molar-refractivity contribution in [2.75, 3.05) is 27.2 Å². The molecule has 2 aliphatic rings. The van der Waals surface area contributed by atoms with Crippen LogP contribution in [0.3, 0.4) is 0 Å². The molecule has 0 aromatic carbocycles. The summed E-state index contributed by atoms with van der Waals surface area (Å²) in [5.41, 5.74) is 2.50. The first kappa shape index (κ1) is 18.1. The van der Waals surface area contributed by atoms with Gasteiger partial charge in [-0.3, -0.25) is 4.90 Å². The third kappa shape index (κ3) is 3.47. The molecule has 2 unspecified atom stereocenters. The highest BCUT2D eigenvalue weighted by Gasteiger charge is 2.31. The number of hydrogen-bond donors (Lipinski definition) is 0. The Kier molecular flexibility index (Phi) is 4.92. The third-order valence-electron chi connectivity index (χ3n) is 5.57. The Labute approximate surface area is 160 Å². The largest absolute Gasteiger partial charge is 0.444 e. The molecule has 0 saturated carbocycles. The predicted octanol–water partition coefficient (Wildman–Crippen LogP) is 3.97. The van der Waals surface area contributed by atoms with Gasteiger partial charge in [0.1, 0.15) is 5.76 Å². The van der Waals surface area contributed by atoms with Gasteiger partial charge in [-0.2, -0.15) is 0 Å². The summed E-state index contributed by atoms with van der Waals surface area (Å²) in [4.78, 5) is 16.0. The normalized spacial score (nSPS) is 22.5. The van der Waals surface area contributed by atoms with Crippen molar-refractivity contribution < 1.29 is 4.42 Å². The van der Waals surface area contributed by atoms with Crippen molar-refractivity contribution >= 4 is 11.3 Å². The number of fused-ring (bicyclic) bond motifs is 2. The van der Waals surface area contributed by atoms with E-state index in [9.17, 15) is 0 Å². The molecule has 0 fully saturated rings. The summed E-state index contributed by atoms with van der Waals surface area (Å²) in [5, 5.41) is 1.28. The molecule has 0 saturated heterocycles. The van der Waals surface area contributed by atoms with E-state index in [4.69, 9.17) is 14.4 Å². The van der Waals surface area contributed by atoms with E-state index in [1.807, 2.05) is 11.3 Å². The first-order valence-electron chi connectivity index (χ1n) is 9.75. The molecule has 5 nitrogen and oxygen atoms in total. The van der Waals surface area contributed by atoms with Crippen LogP contribution in [0.2, 0.25) is 0 Å². The van der Waals surface area contributed by atoms with Gasteiger partial charge in [-0.15, -0.1) is 11.3 Å². The Morgan fingerprint density at radius 1 is 1.15 bits per heavy atom. The van der Waals surface area contributed by atoms with Gasteiger partial charge in [-0.1, -0.05) is 20.8 Å². The first-order chi connectivity index (χ1) is 12.4. The zero-order valence-electron chi connectivity index (χ0n) is 16.6. The van der Waals surface area contributed by atoms with E-state index in [0.717, 1.165) is 50.7 Å². The molecular formula is C20H30N4OS. The number of aromatic nitrogens is 2. The van der Waals surface area contributed by atoms with Gasteiger partial charge in [0.05, 0.1) is 22.9 Å². The molecule has 4 rings (SSSR count). The molecule has 6 heteroatoms. The molecule has 0 amide bonds. The molecule has 142 valence electrons. The summed E-state index contributed by atoms with van der Waals surface area (Å²) >= 11 is 1.90. The molecule has 0 bridgehead atoms. The Morgan fingerprint density at radius 2 is 1.96 bits per heavy atom. The van der Waals surface area contributed by atoms with Crippen LogP contribution in [0.4, 0.5) is 0 Å². The van der Waals surface area contributed by atoms with E-state index in [1.165, 1.54) is 21.3 Å². The maximum atomic E-state index is 6.15. The van der Waals surface area contributed by atoms with Crippen LogP contribution < -0.4 is 0 Å². The van der Waals surface area contributed by atoms with Gasteiger partial charge < -0.3 is 9.32 Å². The SMILES string of the molecule is CC(C)c1nc2c(s1)CN(C)CC2CC(C)c1nc2c(o1)CN(C)CC2. The minimum Gasteiger partial charge on any atom is -0.444 e. The number of thiazole rings is 1. The number of nitrogens with zero attached hydrogens (tertiary/aromatic N) is 4. The monoisotopic (exact) mass is 374 g/mol. The van der Waals surface area contributed by atoms with Gasteiger partial charge in [0, 0.05) is 48.7 Å². The van der Waals surface area contributed by atoms with Gasteiger partial charge >= 0.3 is 0 Å². The molecule has 2 aromatic rings. The topological polar surface area (TPSA) is 45.4 Å². The number of hydrogen-bond acceptors (Lipinski definition) is 6. The standard InChI is InChI=1S/C20H30N4OS/c1-12(2)20-22-18-14(9-24(5)11-17(18)26-20)8-13(3)19-21-15-6-7-23(4)10-16(15)25-19/h12-14H,6-11H2,1-5H3. The highest BCUT2D eigenvalue weighted by atomic mass is 32.1. The lowest BCUT2D eigenvalue weighted by Crippen LogP contribution is -2.30. The minimum atomic E-state index is 0.319. The second kappa shape index (κ2) is 7.06. The summed E-state index contributed by atoms with van der Waals surface area (Å²) < 4.78 is 6.15. The van der Waals surface area contributed by atoms with E-state index in [2.05, 4.69) is 44.7 Å². The fourth-order valence-electron chi connectivity index (χ4n) is 4.10. The quantitative estimate of drug-likeness (QED) is 0.810. The van der Waals surface area contributed by atoms with Crippen molar-refractivity contribution in [2.45, 2.75) is 64.5 Å². The molecule has 0 N–H and O–H groups in total. The van der Waals surface area contributed by atoms with Gasteiger partial charge in [-0.25, -0.2) is 9.97 Å². The third-order valence-corrected chi connectivity index (χ3v) is 6.93. The molecule has 0 aliphatic carbocycles. The summed E-state index contributed by atoms with van der Waals surface area (Å²) in [6.07, 6.45) is 2.05. The van der Waals surface area contributed by atoms with Gasteiger partial charge in [-0.05, 0) is 20.5 Å². The van der Waals surface area contributed by atoms with Gasteiger partial charge in [0.25, 0.3) is 0 Å². The van der Waals surface area contributed by atoms with Crippen molar-refractivity contribution in [2.24, 2.45) is 0 Å². The average Bonchev–Trinajstić information content (AvgIpc) is 3.18. The highest BCUT2D eigenvalue weighted by molar-refractivity contribution is 7.11. The number of oxazole rings is 1. The average molecular weight is 375 g/mol. The second-order valence-corrected chi connectivity index (χ2v) is 9.57. The Morgan fingerprint density at radius 3 is 2.73 bits per heavy atom. The lowest BCUT2D eigenvalue weighted by atomic mass is 9.90. The molecule has 2 atom stereocenters. The van der Waals surface area contributed by atoms with Crippen LogP contribution in [0.1, 0.15) is 77.9 Å². The molecule has 4 heterocycles. The zero-order valence-corrected chi connectivity index (χ0v) is 17.4. The maximum absolute atomic E-state index is 6.15. The van der Waals surface area contributed by atoms with Crippen LogP contribution in [0, 0.1) is 0 Å². The fraction of sp³-hybridized carbons (Fsp3) is 0.700. The van der Waals surface area contributed by atoms with E-state index in [-0.39, 0.29) is 0 Å². The van der Waals surface area contributed by atoms with E-state index in [0.29, 0.717) is 17.8 Å². The van der Waals surface area contributed by atoms with Crippen molar-refractivity contribution in [3.8, 4) is 0 Å². The van der Waals surface area contributed by atoms with Crippen LogP contribution in [0.15, 0.2) is 4.42 Å². The second-order valence-electron chi connectivity index (χ2n) is 8.46. The molecule has 0 radical (unpaired) electrons. The van der Waals surface area contributed by atoms with Gasteiger partial charge in [0.2, 0.25) is 0 Å². The lowest BCUT2D eigenvalue weighted by Gasteiger charge is -2.30. The Hall–Kier alpha value is -1.24. The zero-order chi connectivity index (χ0) is 18.4. The Balaban J connectivity index is 1.54. The van der Waals surface area contributed by atoms with E-state index in [1.54, 1.807) is 0 Å². The van der Waals surface area contributed by atoms with Crippen molar-refractivity contribution in [3.63, 3.8) is 0 Å². The maximum Gasteiger partial charge on any atom is 0.197 e. The molecule has 2 aliphatic heterocycles. The van der Waals surface area contributed by atoms with Crippen LogP contribution in [0.5, 0.6) is 0 Å². The molecular weight excluding hydrogens is 344 g/mol. The van der Waals surface area contributed by atoms with Crippen molar-refractivity contribution in [3.05, 3.63) is 32.9 Å². The van der Waals surface area contributed by atoms with Crippen LogP contribution in [-0.2, 0) is 19.5 Å². The summed E-state index contributed by atoms with van der Waals surface area (Å²) in [6.45, 7) is 10.8. The minimum absolute atomic E-state index is 0.319. The Bertz CT molecular complexity index is 781. The van der Waals surface area contributed by atoms with E-state index < -0.39 is 0 Å². The number of rotatable bonds is 4. The van der Waals surface area contributed by atoms with Crippen molar-refractivity contribution in [1.82, 2.24) is 19.8 Å². The smallest absolute Gasteiger partial charge is 0.197 e. The van der Waals surface area contributed by atoms with Gasteiger partial charge in [0.15, 0.2) is 5.89 Å². The first-order valence-corrected chi connectivity index (χ1v) is 10.6. The predicted molar refractivity (Wildman–Crippen MR) is 105 cm³/mol.